The van der Waals surface area contributed by atoms with E-state index < -0.39 is 0 Å². The van der Waals surface area contributed by atoms with Gasteiger partial charge in [-0.05, 0) is 49.9 Å². The number of rotatable bonds is 0. The first-order valence-electron chi connectivity index (χ1n) is 3.91. The van der Waals surface area contributed by atoms with Crippen molar-refractivity contribution >= 4 is 11.8 Å². The quantitative estimate of drug-likeness (QED) is 0.538. The second-order valence-electron chi connectivity index (χ2n) is 3.26. The Kier molecular flexibility index (Phi) is 1.34. The highest BCUT2D eigenvalue weighted by Gasteiger charge is 2.26. The molecule has 2 rings (SSSR count). The summed E-state index contributed by atoms with van der Waals surface area (Å²) in [5.41, 5.74) is 5.94. The van der Waals surface area contributed by atoms with Crippen molar-refractivity contribution < 1.29 is 0 Å². The SMILES string of the molecule is Cc1c(C)c(C)c2c(c1C)S2. The maximum atomic E-state index is 2.22. The fourth-order valence-electron chi connectivity index (χ4n) is 1.47. The lowest BCUT2D eigenvalue weighted by Crippen LogP contribution is -1.88. The van der Waals surface area contributed by atoms with Crippen LogP contribution in [0, 0.1) is 27.7 Å². The zero-order valence-corrected chi connectivity index (χ0v) is 8.22. The topological polar surface area (TPSA) is 0 Å². The zero-order valence-electron chi connectivity index (χ0n) is 7.41. The predicted molar refractivity (Wildman–Crippen MR) is 49.5 cm³/mol. The summed E-state index contributed by atoms with van der Waals surface area (Å²) in [4.78, 5) is 3.07. The van der Waals surface area contributed by atoms with Crippen LogP contribution < -0.4 is 0 Å². The van der Waals surface area contributed by atoms with E-state index >= 15 is 0 Å². The zero-order chi connectivity index (χ0) is 8.17. The average Bonchev–Trinajstić information content (AvgIpc) is 2.76. The lowest BCUT2D eigenvalue weighted by atomic mass is 10.0. The molecule has 1 heterocycles. The summed E-state index contributed by atoms with van der Waals surface area (Å²) in [5, 5.41) is 0. The second-order valence-corrected chi connectivity index (χ2v) is 4.28. The van der Waals surface area contributed by atoms with Crippen molar-refractivity contribution in [2.45, 2.75) is 37.5 Å². The van der Waals surface area contributed by atoms with Gasteiger partial charge >= 0.3 is 0 Å². The van der Waals surface area contributed by atoms with E-state index in [1.165, 1.54) is 32.0 Å². The maximum Gasteiger partial charge on any atom is 0.0297 e. The molecule has 1 aromatic rings. The fraction of sp³-hybridized carbons (Fsp3) is 0.400. The number of hydrogen-bond acceptors (Lipinski definition) is 1. The Labute approximate surface area is 72.0 Å². The van der Waals surface area contributed by atoms with Crippen molar-refractivity contribution in [1.82, 2.24) is 0 Å². The van der Waals surface area contributed by atoms with Crippen LogP contribution in [-0.4, -0.2) is 0 Å². The van der Waals surface area contributed by atoms with E-state index in [9.17, 15) is 0 Å². The van der Waals surface area contributed by atoms with Gasteiger partial charge in [-0.2, -0.15) is 0 Å². The Morgan fingerprint density at radius 3 is 1.36 bits per heavy atom. The van der Waals surface area contributed by atoms with E-state index in [1.807, 2.05) is 11.8 Å². The van der Waals surface area contributed by atoms with E-state index in [4.69, 9.17) is 0 Å². The predicted octanol–water partition coefficient (Wildman–Crippen LogP) is 3.38. The van der Waals surface area contributed by atoms with Gasteiger partial charge in [-0.3, -0.25) is 0 Å². The van der Waals surface area contributed by atoms with Crippen molar-refractivity contribution in [2.24, 2.45) is 0 Å². The smallest absolute Gasteiger partial charge is 0.0297 e. The second kappa shape index (κ2) is 2.04. The maximum absolute atomic E-state index is 2.22. The van der Waals surface area contributed by atoms with E-state index in [-0.39, 0.29) is 0 Å². The van der Waals surface area contributed by atoms with Crippen LogP contribution in [0.5, 0.6) is 0 Å². The minimum atomic E-state index is 1.48. The number of hydrogen-bond donors (Lipinski definition) is 0. The van der Waals surface area contributed by atoms with Crippen LogP contribution in [0.3, 0.4) is 0 Å². The average molecular weight is 164 g/mol. The van der Waals surface area contributed by atoms with Gasteiger partial charge in [-0.25, -0.2) is 0 Å². The molecule has 1 heteroatoms. The Balaban J connectivity index is 2.78. The molecule has 0 radical (unpaired) electrons. The lowest BCUT2D eigenvalue weighted by Gasteiger charge is -2.04. The van der Waals surface area contributed by atoms with Crippen LogP contribution >= 0.6 is 11.8 Å². The van der Waals surface area contributed by atoms with Gasteiger partial charge in [0.25, 0.3) is 0 Å². The summed E-state index contributed by atoms with van der Waals surface area (Å²) < 4.78 is 0. The molecule has 0 N–H and O–H groups in total. The van der Waals surface area contributed by atoms with Crippen molar-refractivity contribution in [2.75, 3.05) is 0 Å². The molecule has 1 aliphatic rings. The van der Waals surface area contributed by atoms with Crippen molar-refractivity contribution in [3.05, 3.63) is 22.3 Å². The van der Waals surface area contributed by atoms with Crippen LogP contribution in [0.4, 0.5) is 0 Å². The molecule has 0 aromatic heterocycles. The molecule has 0 fully saturated rings. The number of benzene rings is 1. The van der Waals surface area contributed by atoms with Gasteiger partial charge in [-0.1, -0.05) is 11.8 Å². The first-order valence-corrected chi connectivity index (χ1v) is 4.72. The van der Waals surface area contributed by atoms with Gasteiger partial charge in [0.1, 0.15) is 0 Å². The summed E-state index contributed by atoms with van der Waals surface area (Å²) in [6, 6.07) is 0. The van der Waals surface area contributed by atoms with Gasteiger partial charge in [0.15, 0.2) is 0 Å². The summed E-state index contributed by atoms with van der Waals surface area (Å²) in [7, 11) is 0. The number of fused-ring (bicyclic) bond motifs is 1. The van der Waals surface area contributed by atoms with Crippen LogP contribution in [0.25, 0.3) is 0 Å². The van der Waals surface area contributed by atoms with Gasteiger partial charge < -0.3 is 0 Å². The fourth-order valence-corrected chi connectivity index (χ4v) is 2.54. The molecule has 11 heavy (non-hydrogen) atoms. The Hall–Kier alpha value is -0.430. The van der Waals surface area contributed by atoms with E-state index in [0.29, 0.717) is 0 Å². The van der Waals surface area contributed by atoms with Gasteiger partial charge in [0, 0.05) is 9.79 Å². The van der Waals surface area contributed by atoms with E-state index in [0.717, 1.165) is 0 Å². The molecule has 0 bridgehead atoms. The first-order chi connectivity index (χ1) is 5.13. The van der Waals surface area contributed by atoms with Crippen LogP contribution in [-0.2, 0) is 0 Å². The van der Waals surface area contributed by atoms with Crippen molar-refractivity contribution in [3.63, 3.8) is 0 Å². The monoisotopic (exact) mass is 164 g/mol. The summed E-state index contributed by atoms with van der Waals surface area (Å²) in [6.07, 6.45) is 0. The Morgan fingerprint density at radius 1 is 0.636 bits per heavy atom. The highest BCUT2D eigenvalue weighted by Crippen LogP contribution is 2.54. The van der Waals surface area contributed by atoms with Gasteiger partial charge in [-0.15, -0.1) is 0 Å². The highest BCUT2D eigenvalue weighted by molar-refractivity contribution is 8.05. The molecule has 0 saturated heterocycles. The minimum Gasteiger partial charge on any atom is -0.0871 e. The third-order valence-corrected chi connectivity index (χ3v) is 3.96. The molecule has 0 aliphatic carbocycles. The van der Waals surface area contributed by atoms with Crippen LogP contribution in [0.2, 0.25) is 0 Å². The molecule has 0 atom stereocenters. The van der Waals surface area contributed by atoms with Crippen LogP contribution in [0.1, 0.15) is 22.3 Å². The molecular weight excluding hydrogens is 152 g/mol. The Bertz CT molecular complexity index is 304. The largest absolute Gasteiger partial charge is 0.0871 e. The van der Waals surface area contributed by atoms with Crippen molar-refractivity contribution in [3.8, 4) is 0 Å². The standard InChI is InChI=1S/C10H12S/c1-5-6(2)8(4)10-9(11-10)7(5)3/h1-4H3. The highest BCUT2D eigenvalue weighted by atomic mass is 32.2. The van der Waals surface area contributed by atoms with Crippen LogP contribution in [0.15, 0.2) is 9.79 Å². The molecule has 0 spiro atoms. The molecule has 0 amide bonds. The van der Waals surface area contributed by atoms with E-state index in [1.54, 1.807) is 0 Å². The molecule has 0 nitrogen and oxygen atoms in total. The van der Waals surface area contributed by atoms with Gasteiger partial charge in [0.05, 0.1) is 0 Å². The third kappa shape index (κ3) is 0.839. The minimum absolute atomic E-state index is 1.48. The molecule has 1 aromatic carbocycles. The van der Waals surface area contributed by atoms with E-state index in [2.05, 4.69) is 27.7 Å². The van der Waals surface area contributed by atoms with Gasteiger partial charge in [0.2, 0.25) is 0 Å². The third-order valence-electron chi connectivity index (χ3n) is 2.74. The Morgan fingerprint density at radius 2 is 1.00 bits per heavy atom. The molecule has 0 unspecified atom stereocenters. The summed E-state index contributed by atoms with van der Waals surface area (Å²) in [5.74, 6) is 0. The molecule has 1 aliphatic heterocycles. The normalized spacial score (nSPS) is 13.1. The van der Waals surface area contributed by atoms with Crippen molar-refractivity contribution in [1.29, 1.82) is 0 Å². The summed E-state index contributed by atoms with van der Waals surface area (Å²) in [6.45, 7) is 8.88. The summed E-state index contributed by atoms with van der Waals surface area (Å²) >= 11 is 1.94. The lowest BCUT2D eigenvalue weighted by molar-refractivity contribution is 1.11. The molecular formula is C10H12S. The first kappa shape index (κ1) is 7.23. The molecule has 0 saturated carbocycles. The molecule has 58 valence electrons.